The predicted molar refractivity (Wildman–Crippen MR) is 82.8 cm³/mol. The SMILES string of the molecule is CCc1noc(CN2CCN(C(=O)CN3CCOCC3)CC2)n1. The number of hydrogen-bond donors (Lipinski definition) is 0. The van der Waals surface area contributed by atoms with Crippen LogP contribution in [-0.2, 0) is 22.5 Å². The third-order valence-corrected chi connectivity index (χ3v) is 4.37. The predicted octanol–water partition coefficient (Wildman–Crippen LogP) is -0.392. The maximum Gasteiger partial charge on any atom is 0.240 e. The van der Waals surface area contributed by atoms with Gasteiger partial charge in [0, 0.05) is 45.7 Å². The first-order valence-corrected chi connectivity index (χ1v) is 8.36. The smallest absolute Gasteiger partial charge is 0.240 e. The molecule has 2 aliphatic rings. The lowest BCUT2D eigenvalue weighted by molar-refractivity contribution is -0.135. The summed E-state index contributed by atoms with van der Waals surface area (Å²) in [6.07, 6.45) is 0.785. The van der Waals surface area contributed by atoms with Crippen LogP contribution in [0.4, 0.5) is 0 Å². The number of carbonyl (C=O) groups is 1. The number of aromatic nitrogens is 2. The van der Waals surface area contributed by atoms with Gasteiger partial charge in [-0.1, -0.05) is 12.1 Å². The Kier molecular flexibility index (Phi) is 5.58. The molecule has 0 radical (unpaired) electrons. The molecule has 2 fully saturated rings. The number of piperazine rings is 1. The third kappa shape index (κ3) is 4.49. The summed E-state index contributed by atoms with van der Waals surface area (Å²) in [7, 11) is 0. The third-order valence-electron chi connectivity index (χ3n) is 4.37. The number of hydrogen-bond acceptors (Lipinski definition) is 7. The quantitative estimate of drug-likeness (QED) is 0.730. The topological polar surface area (TPSA) is 74.9 Å². The zero-order chi connectivity index (χ0) is 16.1. The van der Waals surface area contributed by atoms with Gasteiger partial charge in [0.25, 0.3) is 0 Å². The van der Waals surface area contributed by atoms with Crippen molar-refractivity contribution in [3.05, 3.63) is 11.7 Å². The molecule has 0 spiro atoms. The lowest BCUT2D eigenvalue weighted by Crippen LogP contribution is -2.52. The van der Waals surface area contributed by atoms with E-state index in [1.54, 1.807) is 0 Å². The van der Waals surface area contributed by atoms with Crippen LogP contribution in [0.15, 0.2) is 4.52 Å². The van der Waals surface area contributed by atoms with Gasteiger partial charge in [0.1, 0.15) is 0 Å². The number of ether oxygens (including phenoxy) is 1. The highest BCUT2D eigenvalue weighted by molar-refractivity contribution is 5.78. The van der Waals surface area contributed by atoms with Gasteiger partial charge in [0.15, 0.2) is 5.82 Å². The van der Waals surface area contributed by atoms with E-state index in [4.69, 9.17) is 9.26 Å². The minimum atomic E-state index is 0.220. The van der Waals surface area contributed by atoms with E-state index in [0.717, 1.165) is 64.7 Å². The minimum absolute atomic E-state index is 0.220. The van der Waals surface area contributed by atoms with Crippen molar-refractivity contribution >= 4 is 5.91 Å². The lowest BCUT2D eigenvalue weighted by Gasteiger charge is -2.35. The van der Waals surface area contributed by atoms with Crippen molar-refractivity contribution in [2.24, 2.45) is 0 Å². The van der Waals surface area contributed by atoms with Crippen LogP contribution in [0.25, 0.3) is 0 Å². The maximum absolute atomic E-state index is 12.4. The second-order valence-electron chi connectivity index (χ2n) is 6.00. The molecule has 8 heteroatoms. The Hall–Kier alpha value is -1.51. The first kappa shape index (κ1) is 16.4. The molecule has 3 heterocycles. The fourth-order valence-electron chi connectivity index (χ4n) is 2.90. The van der Waals surface area contributed by atoms with Crippen LogP contribution in [0.5, 0.6) is 0 Å². The summed E-state index contributed by atoms with van der Waals surface area (Å²) in [6.45, 7) is 9.55. The lowest BCUT2D eigenvalue weighted by atomic mass is 10.3. The molecule has 0 aliphatic carbocycles. The largest absolute Gasteiger partial charge is 0.379 e. The average Bonchev–Trinajstić information content (AvgIpc) is 3.04. The molecular weight excluding hydrogens is 298 g/mol. The molecule has 128 valence electrons. The first-order chi connectivity index (χ1) is 11.2. The van der Waals surface area contributed by atoms with Gasteiger partial charge in [-0.2, -0.15) is 4.98 Å². The molecule has 0 N–H and O–H groups in total. The van der Waals surface area contributed by atoms with Gasteiger partial charge >= 0.3 is 0 Å². The van der Waals surface area contributed by atoms with E-state index in [2.05, 4.69) is 19.9 Å². The van der Waals surface area contributed by atoms with Crippen LogP contribution in [0.3, 0.4) is 0 Å². The molecule has 0 bridgehead atoms. The Morgan fingerprint density at radius 1 is 1.09 bits per heavy atom. The second kappa shape index (κ2) is 7.85. The normalized spacial score (nSPS) is 20.8. The Morgan fingerprint density at radius 2 is 1.83 bits per heavy atom. The van der Waals surface area contributed by atoms with E-state index in [9.17, 15) is 4.79 Å². The van der Waals surface area contributed by atoms with E-state index in [-0.39, 0.29) is 5.91 Å². The standard InChI is InChI=1S/C15H25N5O3/c1-2-13-16-14(23-17-13)11-18-3-5-20(6-4-18)15(21)12-19-7-9-22-10-8-19/h2-12H2,1H3. The van der Waals surface area contributed by atoms with E-state index in [1.807, 2.05) is 11.8 Å². The van der Waals surface area contributed by atoms with E-state index in [0.29, 0.717) is 19.0 Å². The Bertz CT molecular complexity index is 507. The number of aryl methyl sites for hydroxylation is 1. The van der Waals surface area contributed by atoms with E-state index < -0.39 is 0 Å². The summed E-state index contributed by atoms with van der Waals surface area (Å²) in [5.41, 5.74) is 0. The maximum atomic E-state index is 12.4. The van der Waals surface area contributed by atoms with Crippen LogP contribution in [0.1, 0.15) is 18.6 Å². The number of carbonyl (C=O) groups excluding carboxylic acids is 1. The molecule has 1 aromatic rings. The van der Waals surface area contributed by atoms with Crippen LogP contribution in [-0.4, -0.2) is 89.8 Å². The molecule has 1 aromatic heterocycles. The van der Waals surface area contributed by atoms with Crippen molar-refractivity contribution in [3.8, 4) is 0 Å². The summed E-state index contributed by atoms with van der Waals surface area (Å²) < 4.78 is 10.5. The molecule has 2 saturated heterocycles. The summed E-state index contributed by atoms with van der Waals surface area (Å²) in [5.74, 6) is 1.63. The summed E-state index contributed by atoms with van der Waals surface area (Å²) in [6, 6.07) is 0. The van der Waals surface area contributed by atoms with Gasteiger partial charge in [-0.15, -0.1) is 0 Å². The molecule has 2 aliphatic heterocycles. The zero-order valence-electron chi connectivity index (χ0n) is 13.7. The second-order valence-corrected chi connectivity index (χ2v) is 6.00. The molecule has 0 aromatic carbocycles. The summed E-state index contributed by atoms with van der Waals surface area (Å²) >= 11 is 0. The van der Waals surface area contributed by atoms with E-state index >= 15 is 0 Å². The number of amides is 1. The Labute approximate surface area is 136 Å². The number of rotatable bonds is 5. The molecule has 1 amide bonds. The molecule has 8 nitrogen and oxygen atoms in total. The van der Waals surface area contributed by atoms with Gasteiger partial charge in [0.05, 0.1) is 26.3 Å². The molecular formula is C15H25N5O3. The monoisotopic (exact) mass is 323 g/mol. The molecule has 3 rings (SSSR count). The Balaban J connectivity index is 1.41. The van der Waals surface area contributed by atoms with Crippen LogP contribution in [0, 0.1) is 0 Å². The van der Waals surface area contributed by atoms with Gasteiger partial charge in [0.2, 0.25) is 11.8 Å². The highest BCUT2D eigenvalue weighted by Crippen LogP contribution is 2.08. The fraction of sp³-hybridized carbons (Fsp3) is 0.800. The van der Waals surface area contributed by atoms with Crippen molar-refractivity contribution < 1.29 is 14.1 Å². The van der Waals surface area contributed by atoms with Crippen molar-refractivity contribution in [1.29, 1.82) is 0 Å². The number of nitrogens with zero attached hydrogens (tertiary/aromatic N) is 5. The van der Waals surface area contributed by atoms with Gasteiger partial charge < -0.3 is 14.2 Å². The first-order valence-electron chi connectivity index (χ1n) is 8.36. The molecule has 0 atom stereocenters. The van der Waals surface area contributed by atoms with E-state index in [1.165, 1.54) is 0 Å². The highest BCUT2D eigenvalue weighted by atomic mass is 16.5. The van der Waals surface area contributed by atoms with Gasteiger partial charge in [-0.25, -0.2) is 0 Å². The molecule has 0 unspecified atom stereocenters. The number of morpholine rings is 1. The average molecular weight is 323 g/mol. The zero-order valence-corrected chi connectivity index (χ0v) is 13.7. The van der Waals surface area contributed by atoms with Crippen molar-refractivity contribution in [2.75, 3.05) is 59.0 Å². The van der Waals surface area contributed by atoms with Crippen molar-refractivity contribution in [1.82, 2.24) is 24.8 Å². The van der Waals surface area contributed by atoms with Gasteiger partial charge in [-0.3, -0.25) is 14.6 Å². The van der Waals surface area contributed by atoms with Crippen LogP contribution < -0.4 is 0 Å². The summed E-state index contributed by atoms with van der Waals surface area (Å²) in [4.78, 5) is 23.1. The minimum Gasteiger partial charge on any atom is -0.379 e. The summed E-state index contributed by atoms with van der Waals surface area (Å²) in [5, 5.41) is 3.92. The highest BCUT2D eigenvalue weighted by Gasteiger charge is 2.24. The molecule has 0 saturated carbocycles. The van der Waals surface area contributed by atoms with Crippen molar-refractivity contribution in [2.45, 2.75) is 19.9 Å². The van der Waals surface area contributed by atoms with Crippen LogP contribution >= 0.6 is 0 Å². The van der Waals surface area contributed by atoms with Gasteiger partial charge in [-0.05, 0) is 0 Å². The van der Waals surface area contributed by atoms with Crippen molar-refractivity contribution in [3.63, 3.8) is 0 Å². The molecule has 23 heavy (non-hydrogen) atoms. The fourth-order valence-corrected chi connectivity index (χ4v) is 2.90. The Morgan fingerprint density at radius 3 is 2.48 bits per heavy atom. The van der Waals surface area contributed by atoms with Crippen LogP contribution in [0.2, 0.25) is 0 Å².